The van der Waals surface area contributed by atoms with E-state index in [4.69, 9.17) is 14.2 Å². The number of epoxide rings is 1. The van der Waals surface area contributed by atoms with E-state index in [9.17, 15) is 4.79 Å². The van der Waals surface area contributed by atoms with Crippen LogP contribution in [0.25, 0.3) is 0 Å². The highest BCUT2D eigenvalue weighted by Crippen LogP contribution is 2.27. The second kappa shape index (κ2) is 7.65. The van der Waals surface area contributed by atoms with E-state index in [-0.39, 0.29) is 18.2 Å². The average Bonchev–Trinajstić information content (AvgIpc) is 3.22. The minimum Gasteiger partial charge on any atom is -0.491 e. The number of rotatable bonds is 6. The summed E-state index contributed by atoms with van der Waals surface area (Å²) < 4.78 is 16.6. The number of benzene rings is 1. The van der Waals surface area contributed by atoms with Crippen molar-refractivity contribution in [2.75, 3.05) is 13.2 Å². The monoisotopic (exact) mass is 347 g/mol. The molecule has 1 aromatic rings. The van der Waals surface area contributed by atoms with Gasteiger partial charge in [0.25, 0.3) is 0 Å². The SMILES string of the molecule is CC(C)(C)OC(=O)N(Cc1cccc(OCC2CO2)c1)C1CCCC1. The molecule has 0 radical (unpaired) electrons. The fraction of sp³-hybridized carbons (Fsp3) is 0.650. The van der Waals surface area contributed by atoms with Gasteiger partial charge in [-0.05, 0) is 51.3 Å². The van der Waals surface area contributed by atoms with Crippen LogP contribution in [-0.2, 0) is 16.0 Å². The highest BCUT2D eigenvalue weighted by molar-refractivity contribution is 5.68. The molecule has 1 unspecified atom stereocenters. The van der Waals surface area contributed by atoms with Gasteiger partial charge >= 0.3 is 6.09 Å². The lowest BCUT2D eigenvalue weighted by Crippen LogP contribution is -2.41. The molecule has 5 heteroatoms. The summed E-state index contributed by atoms with van der Waals surface area (Å²) >= 11 is 0. The molecular formula is C20H29NO4. The molecule has 0 aromatic heterocycles. The van der Waals surface area contributed by atoms with Crippen LogP contribution in [-0.4, -0.2) is 42.0 Å². The van der Waals surface area contributed by atoms with Gasteiger partial charge in [-0.2, -0.15) is 0 Å². The Hall–Kier alpha value is -1.75. The quantitative estimate of drug-likeness (QED) is 0.726. The minimum atomic E-state index is -0.483. The number of carbonyl (C=O) groups excluding carboxylic acids is 1. The Bertz CT molecular complexity index is 586. The number of hydrogen-bond donors (Lipinski definition) is 0. The van der Waals surface area contributed by atoms with Crippen LogP contribution >= 0.6 is 0 Å². The summed E-state index contributed by atoms with van der Waals surface area (Å²) in [6.45, 7) is 7.65. The predicted molar refractivity (Wildman–Crippen MR) is 95.7 cm³/mol. The van der Waals surface area contributed by atoms with E-state index >= 15 is 0 Å². The third kappa shape index (κ3) is 5.63. The van der Waals surface area contributed by atoms with Crippen molar-refractivity contribution in [1.29, 1.82) is 0 Å². The summed E-state index contributed by atoms with van der Waals surface area (Å²) in [6, 6.07) is 8.22. The Balaban J connectivity index is 1.68. The maximum Gasteiger partial charge on any atom is 0.410 e. The van der Waals surface area contributed by atoms with Crippen LogP contribution in [0.15, 0.2) is 24.3 Å². The number of ether oxygens (including phenoxy) is 3. The van der Waals surface area contributed by atoms with Gasteiger partial charge in [-0.15, -0.1) is 0 Å². The van der Waals surface area contributed by atoms with Gasteiger partial charge in [-0.3, -0.25) is 0 Å². The maximum atomic E-state index is 12.7. The van der Waals surface area contributed by atoms with Crippen molar-refractivity contribution in [1.82, 2.24) is 4.90 Å². The average molecular weight is 347 g/mol. The topological polar surface area (TPSA) is 51.3 Å². The largest absolute Gasteiger partial charge is 0.491 e. The van der Waals surface area contributed by atoms with Crippen LogP contribution in [0, 0.1) is 0 Å². The second-order valence-electron chi connectivity index (χ2n) is 7.96. The minimum absolute atomic E-state index is 0.225. The summed E-state index contributed by atoms with van der Waals surface area (Å²) in [5.41, 5.74) is 0.579. The van der Waals surface area contributed by atoms with Crippen LogP contribution in [0.3, 0.4) is 0 Å². The smallest absolute Gasteiger partial charge is 0.410 e. The first kappa shape index (κ1) is 18.1. The number of carbonyl (C=O) groups is 1. The fourth-order valence-corrected chi connectivity index (χ4v) is 3.16. The van der Waals surface area contributed by atoms with Crippen molar-refractivity contribution in [3.63, 3.8) is 0 Å². The van der Waals surface area contributed by atoms with Gasteiger partial charge < -0.3 is 19.1 Å². The lowest BCUT2D eigenvalue weighted by Gasteiger charge is -2.31. The zero-order valence-corrected chi connectivity index (χ0v) is 15.5. The third-order valence-electron chi connectivity index (χ3n) is 4.48. The van der Waals surface area contributed by atoms with E-state index in [1.807, 2.05) is 49.9 Å². The van der Waals surface area contributed by atoms with Gasteiger partial charge in [0.15, 0.2) is 0 Å². The van der Waals surface area contributed by atoms with E-state index < -0.39 is 5.60 Å². The van der Waals surface area contributed by atoms with Gasteiger partial charge in [-0.25, -0.2) is 4.79 Å². The maximum absolute atomic E-state index is 12.7. The van der Waals surface area contributed by atoms with E-state index in [0.717, 1.165) is 30.8 Å². The highest BCUT2D eigenvalue weighted by Gasteiger charge is 2.30. The normalized spacial score (nSPS) is 20.4. The second-order valence-corrected chi connectivity index (χ2v) is 7.96. The fourth-order valence-electron chi connectivity index (χ4n) is 3.16. The lowest BCUT2D eigenvalue weighted by molar-refractivity contribution is 0.0144. The van der Waals surface area contributed by atoms with Crippen molar-refractivity contribution >= 4 is 6.09 Å². The first-order chi connectivity index (χ1) is 11.9. The van der Waals surface area contributed by atoms with Crippen LogP contribution in [0.4, 0.5) is 4.79 Å². The summed E-state index contributed by atoms with van der Waals surface area (Å²) in [5, 5.41) is 0. The van der Waals surface area contributed by atoms with E-state index in [1.165, 1.54) is 12.8 Å². The zero-order chi connectivity index (χ0) is 17.9. The van der Waals surface area contributed by atoms with Crippen LogP contribution in [0.1, 0.15) is 52.0 Å². The van der Waals surface area contributed by atoms with E-state index in [0.29, 0.717) is 13.2 Å². The molecule has 138 valence electrons. The summed E-state index contributed by atoms with van der Waals surface area (Å²) in [7, 11) is 0. The Labute approximate surface area is 150 Å². The zero-order valence-electron chi connectivity index (χ0n) is 15.5. The van der Waals surface area contributed by atoms with Gasteiger partial charge in [0.2, 0.25) is 0 Å². The standard InChI is InChI=1S/C20H29NO4/c1-20(2,3)25-19(22)21(16-8-4-5-9-16)12-15-7-6-10-17(11-15)23-13-18-14-24-18/h6-7,10-11,16,18H,4-5,8-9,12-14H2,1-3H3. The Kier molecular flexibility index (Phi) is 5.52. The molecule has 5 nitrogen and oxygen atoms in total. The van der Waals surface area contributed by atoms with Gasteiger partial charge in [0.05, 0.1) is 6.61 Å². The Morgan fingerprint density at radius 2 is 2.00 bits per heavy atom. The molecule has 1 aliphatic heterocycles. The molecule has 2 aliphatic rings. The van der Waals surface area contributed by atoms with Crippen molar-refractivity contribution in [2.24, 2.45) is 0 Å². The highest BCUT2D eigenvalue weighted by atomic mass is 16.6. The lowest BCUT2D eigenvalue weighted by atomic mass is 10.1. The molecule has 1 saturated carbocycles. The van der Waals surface area contributed by atoms with E-state index in [2.05, 4.69) is 0 Å². The molecule has 1 amide bonds. The molecule has 2 fully saturated rings. The molecule has 1 heterocycles. The van der Waals surface area contributed by atoms with Gasteiger partial charge in [-0.1, -0.05) is 25.0 Å². The van der Waals surface area contributed by atoms with Gasteiger partial charge in [0, 0.05) is 12.6 Å². The first-order valence-corrected chi connectivity index (χ1v) is 9.24. The van der Waals surface area contributed by atoms with Crippen LogP contribution < -0.4 is 4.74 Å². The molecule has 1 aromatic carbocycles. The molecule has 0 bridgehead atoms. The molecule has 0 spiro atoms. The number of hydrogen-bond acceptors (Lipinski definition) is 4. The van der Waals surface area contributed by atoms with E-state index in [1.54, 1.807) is 0 Å². The molecule has 1 saturated heterocycles. The number of nitrogens with zero attached hydrogens (tertiary/aromatic N) is 1. The summed E-state index contributed by atoms with van der Waals surface area (Å²) in [5.74, 6) is 0.823. The molecule has 25 heavy (non-hydrogen) atoms. The molecule has 1 aliphatic carbocycles. The van der Waals surface area contributed by atoms with Crippen molar-refractivity contribution in [3.05, 3.63) is 29.8 Å². The first-order valence-electron chi connectivity index (χ1n) is 9.24. The molecule has 3 rings (SSSR count). The third-order valence-corrected chi connectivity index (χ3v) is 4.48. The Morgan fingerprint density at radius 1 is 1.28 bits per heavy atom. The van der Waals surface area contributed by atoms with Crippen LogP contribution in [0.2, 0.25) is 0 Å². The predicted octanol–water partition coefficient (Wildman–Crippen LogP) is 4.14. The molecular weight excluding hydrogens is 318 g/mol. The number of amides is 1. The Morgan fingerprint density at radius 3 is 2.64 bits per heavy atom. The van der Waals surface area contributed by atoms with Crippen molar-refractivity contribution < 1.29 is 19.0 Å². The molecule has 0 N–H and O–H groups in total. The van der Waals surface area contributed by atoms with Gasteiger partial charge in [0.1, 0.15) is 24.1 Å². The molecule has 1 atom stereocenters. The van der Waals surface area contributed by atoms with Crippen LogP contribution in [0.5, 0.6) is 5.75 Å². The summed E-state index contributed by atoms with van der Waals surface area (Å²) in [4.78, 5) is 14.6. The van der Waals surface area contributed by atoms with Crippen molar-refractivity contribution in [2.45, 2.75) is 70.7 Å². The summed E-state index contributed by atoms with van der Waals surface area (Å²) in [6.07, 6.45) is 4.46. The van der Waals surface area contributed by atoms with Crippen molar-refractivity contribution in [3.8, 4) is 5.75 Å².